The van der Waals surface area contributed by atoms with Crippen LogP contribution in [0.15, 0.2) is 64.5 Å². The Kier molecular flexibility index (Phi) is 11.2. The lowest BCUT2D eigenvalue weighted by molar-refractivity contribution is -0.384. The van der Waals surface area contributed by atoms with Crippen LogP contribution in [0.3, 0.4) is 0 Å². The lowest BCUT2D eigenvalue weighted by atomic mass is 9.97. The quantitative estimate of drug-likeness (QED) is 0.0977. The number of nitro benzene ring substituents is 1. The van der Waals surface area contributed by atoms with E-state index in [-0.39, 0.29) is 5.69 Å². The van der Waals surface area contributed by atoms with Gasteiger partial charge in [0, 0.05) is 32.9 Å². The van der Waals surface area contributed by atoms with Crippen molar-refractivity contribution < 1.29 is 64.6 Å². The van der Waals surface area contributed by atoms with Gasteiger partial charge in [-0.3, -0.25) is 24.5 Å². The van der Waals surface area contributed by atoms with E-state index in [0.29, 0.717) is 0 Å². The van der Waals surface area contributed by atoms with Gasteiger partial charge < -0.3 is 23.7 Å². The first-order valence-corrected chi connectivity index (χ1v) is 14.2. The van der Waals surface area contributed by atoms with Crippen molar-refractivity contribution in [1.82, 2.24) is 4.72 Å². The van der Waals surface area contributed by atoms with E-state index in [1.807, 2.05) is 4.72 Å². The predicted octanol–water partition coefficient (Wildman–Crippen LogP) is 2.70. The number of alkyl halides is 3. The number of carbonyl (C=O) groups is 3. The van der Waals surface area contributed by atoms with Gasteiger partial charge in [0.2, 0.25) is 16.3 Å². The monoisotopic (exact) mass is 661 g/mol. The average molecular weight is 662 g/mol. The highest BCUT2D eigenvalue weighted by Crippen LogP contribution is 2.32. The number of nitro groups is 1. The van der Waals surface area contributed by atoms with Gasteiger partial charge in [-0.05, 0) is 24.3 Å². The fraction of sp³-hybridized carbons (Fsp3) is 0.385. The van der Waals surface area contributed by atoms with Crippen molar-refractivity contribution in [3.63, 3.8) is 0 Å². The molecule has 1 aliphatic heterocycles. The number of hydrogen-bond acceptors (Lipinski definition) is 13. The Hall–Kier alpha value is -4.62. The first-order valence-electron chi connectivity index (χ1n) is 12.8. The number of rotatable bonds is 10. The molecule has 45 heavy (non-hydrogen) atoms. The maximum atomic E-state index is 14.2. The van der Waals surface area contributed by atoms with Crippen LogP contribution in [0, 0.1) is 10.1 Å². The summed E-state index contributed by atoms with van der Waals surface area (Å²) in [5, 5.41) is 11.0. The lowest BCUT2D eigenvalue weighted by Crippen LogP contribution is -2.67. The zero-order valence-corrected chi connectivity index (χ0v) is 24.4. The SMILES string of the molecule is CC(=O)OC[C@H]1OC(OC(=Nc2ccccc2)C(F)(F)F)[C@H](NS(=O)(=O)c2ccc([N+](=O)[O-])cc2)[C@@H](OC(C)=O)[C@@H]1OC(C)=O. The van der Waals surface area contributed by atoms with Gasteiger partial charge >= 0.3 is 24.1 Å². The Morgan fingerprint density at radius 2 is 1.51 bits per heavy atom. The van der Waals surface area contributed by atoms with E-state index in [1.54, 1.807) is 0 Å². The minimum atomic E-state index is -5.28. The summed E-state index contributed by atoms with van der Waals surface area (Å²) >= 11 is 0. The Morgan fingerprint density at radius 1 is 0.933 bits per heavy atom. The number of carbonyl (C=O) groups excluding carboxylic acids is 3. The Morgan fingerprint density at radius 3 is 2.02 bits per heavy atom. The van der Waals surface area contributed by atoms with Crippen LogP contribution in [0.5, 0.6) is 0 Å². The highest BCUT2D eigenvalue weighted by molar-refractivity contribution is 7.89. The molecule has 0 radical (unpaired) electrons. The van der Waals surface area contributed by atoms with Crippen molar-refractivity contribution in [3.8, 4) is 0 Å². The van der Waals surface area contributed by atoms with Crippen LogP contribution in [0.4, 0.5) is 24.5 Å². The van der Waals surface area contributed by atoms with Crippen LogP contribution in [-0.2, 0) is 48.1 Å². The van der Waals surface area contributed by atoms with Gasteiger partial charge in [0.1, 0.15) is 18.8 Å². The molecular formula is C26H26F3N3O12S. The molecular weight excluding hydrogens is 635 g/mol. The normalized spacial score (nSPS) is 22.2. The van der Waals surface area contributed by atoms with Gasteiger partial charge in [-0.1, -0.05) is 18.2 Å². The first-order chi connectivity index (χ1) is 21.0. The Labute approximate surface area is 253 Å². The zero-order chi connectivity index (χ0) is 33.5. The highest BCUT2D eigenvalue weighted by atomic mass is 32.2. The number of para-hydroxylation sites is 1. The number of aliphatic imine (C=N–C) groups is 1. The number of benzene rings is 2. The summed E-state index contributed by atoms with van der Waals surface area (Å²) in [5.41, 5.74) is -0.682. The van der Waals surface area contributed by atoms with E-state index >= 15 is 0 Å². The van der Waals surface area contributed by atoms with Gasteiger partial charge in [0.05, 0.1) is 15.5 Å². The molecule has 1 fully saturated rings. The molecule has 0 aromatic heterocycles. The molecule has 1 N–H and O–H groups in total. The third-order valence-corrected chi connectivity index (χ3v) is 7.28. The maximum Gasteiger partial charge on any atom is 0.468 e. The second-order valence-corrected chi connectivity index (χ2v) is 11.0. The number of halogens is 3. The first kappa shape index (κ1) is 34.9. The molecule has 0 spiro atoms. The minimum Gasteiger partial charge on any atom is -0.463 e. The molecule has 1 aliphatic rings. The zero-order valence-electron chi connectivity index (χ0n) is 23.6. The largest absolute Gasteiger partial charge is 0.468 e. The van der Waals surface area contributed by atoms with E-state index in [9.17, 15) is 46.1 Å². The number of nitrogens with one attached hydrogen (secondary N) is 1. The van der Waals surface area contributed by atoms with E-state index in [4.69, 9.17) is 23.7 Å². The molecule has 1 unspecified atom stereocenters. The van der Waals surface area contributed by atoms with Crippen LogP contribution in [0.2, 0.25) is 0 Å². The number of sulfonamides is 1. The van der Waals surface area contributed by atoms with Crippen molar-refractivity contribution in [2.75, 3.05) is 6.61 Å². The van der Waals surface area contributed by atoms with Gasteiger partial charge in [-0.25, -0.2) is 13.4 Å². The number of esters is 3. The molecule has 244 valence electrons. The summed E-state index contributed by atoms with van der Waals surface area (Å²) in [5.74, 6) is -4.87. The fourth-order valence-corrected chi connectivity index (χ4v) is 5.24. The predicted molar refractivity (Wildman–Crippen MR) is 144 cm³/mol. The molecule has 1 heterocycles. The Balaban J connectivity index is 2.17. The standard InChI is InChI=1S/C26H26F3N3O12S/c1-14(33)40-13-20-22(41-15(2)34)23(42-16(3)35)21(31-45(38,39)19-11-9-18(10-12-19)32(36)37)24(43-20)44-25(26(27,28)29)30-17-7-5-4-6-8-17/h4-12,20-24,31H,13H2,1-3H3/t20-,21-,22-,23-,24?/m1/s1. The molecule has 5 atom stereocenters. The minimum absolute atomic E-state index is 0.213. The van der Waals surface area contributed by atoms with E-state index in [1.165, 1.54) is 30.3 Å². The van der Waals surface area contributed by atoms with Gasteiger partial charge in [0.25, 0.3) is 11.6 Å². The van der Waals surface area contributed by atoms with Crippen LogP contribution >= 0.6 is 0 Å². The lowest BCUT2D eigenvalue weighted by Gasteiger charge is -2.44. The topological polar surface area (TPSA) is 199 Å². The molecule has 2 aromatic rings. The molecule has 0 saturated carbocycles. The summed E-state index contributed by atoms with van der Waals surface area (Å²) in [6.45, 7) is 2.05. The summed E-state index contributed by atoms with van der Waals surface area (Å²) in [6, 6.07) is 8.03. The number of nitrogens with zero attached hydrogens (tertiary/aromatic N) is 2. The van der Waals surface area contributed by atoms with Crippen molar-refractivity contribution in [1.29, 1.82) is 0 Å². The van der Waals surface area contributed by atoms with Crippen molar-refractivity contribution in [2.45, 2.75) is 62.5 Å². The van der Waals surface area contributed by atoms with Crippen LogP contribution < -0.4 is 4.72 Å². The Bertz CT molecular complexity index is 1540. The van der Waals surface area contributed by atoms with Crippen molar-refractivity contribution >= 4 is 45.2 Å². The van der Waals surface area contributed by atoms with Crippen LogP contribution in [0.25, 0.3) is 0 Å². The second kappa shape index (κ2) is 14.4. The number of ether oxygens (including phenoxy) is 5. The third-order valence-electron chi connectivity index (χ3n) is 5.81. The van der Waals surface area contributed by atoms with E-state index in [2.05, 4.69) is 4.99 Å². The molecule has 0 amide bonds. The smallest absolute Gasteiger partial charge is 0.463 e. The van der Waals surface area contributed by atoms with Crippen LogP contribution in [0.1, 0.15) is 20.8 Å². The van der Waals surface area contributed by atoms with Crippen LogP contribution in [-0.4, -0.2) is 80.6 Å². The molecule has 19 heteroatoms. The summed E-state index contributed by atoms with van der Waals surface area (Å²) in [7, 11) is -4.80. The average Bonchev–Trinajstić information content (AvgIpc) is 2.94. The molecule has 1 saturated heterocycles. The van der Waals surface area contributed by atoms with Gasteiger partial charge in [0.15, 0.2) is 12.2 Å². The van der Waals surface area contributed by atoms with E-state index < -0.39 is 92.8 Å². The van der Waals surface area contributed by atoms with Crippen molar-refractivity contribution in [2.24, 2.45) is 4.99 Å². The van der Waals surface area contributed by atoms with E-state index in [0.717, 1.165) is 45.0 Å². The third kappa shape index (κ3) is 9.68. The maximum absolute atomic E-state index is 14.2. The van der Waals surface area contributed by atoms with Gasteiger partial charge in [-0.2, -0.15) is 17.9 Å². The fourth-order valence-electron chi connectivity index (χ4n) is 4.01. The van der Waals surface area contributed by atoms with Crippen molar-refractivity contribution in [3.05, 3.63) is 64.7 Å². The highest BCUT2D eigenvalue weighted by Gasteiger charge is 2.54. The summed E-state index contributed by atoms with van der Waals surface area (Å²) in [6.07, 6.45) is -13.0. The molecule has 0 bridgehead atoms. The second-order valence-electron chi connectivity index (χ2n) is 9.26. The number of non-ortho nitro benzene ring substituents is 1. The molecule has 0 aliphatic carbocycles. The molecule has 2 aromatic carbocycles. The van der Waals surface area contributed by atoms with Gasteiger partial charge in [-0.15, -0.1) is 0 Å². The molecule has 3 rings (SSSR count). The summed E-state index contributed by atoms with van der Waals surface area (Å²) in [4.78, 5) is 48.8. The number of hydrogen-bond donors (Lipinski definition) is 1. The molecule has 15 nitrogen and oxygen atoms in total. The summed E-state index contributed by atoms with van der Waals surface area (Å²) < 4.78 is 97.4.